The van der Waals surface area contributed by atoms with Crippen molar-refractivity contribution in [3.8, 4) is 5.75 Å². The molecule has 2 aromatic carbocycles. The van der Waals surface area contributed by atoms with Crippen LogP contribution >= 0.6 is 23.1 Å². The van der Waals surface area contributed by atoms with Gasteiger partial charge >= 0.3 is 0 Å². The standard InChI is InChI=1S/C25H29N3O3S2/c1-16-9-11-18(12-10-16)15-22-17(2)26-25(33-22)28-24(30)20(13-14-32-4)27-23(29)19-7-5-6-8-21(19)31-3/h5-12,20H,13-15H2,1-4H3,(H,27,29)(H,26,28,30). The molecule has 0 aliphatic heterocycles. The van der Waals surface area contributed by atoms with E-state index in [-0.39, 0.29) is 11.8 Å². The summed E-state index contributed by atoms with van der Waals surface area (Å²) in [4.78, 5) is 31.6. The molecule has 1 atom stereocenters. The van der Waals surface area contributed by atoms with Crippen molar-refractivity contribution in [2.24, 2.45) is 0 Å². The van der Waals surface area contributed by atoms with E-state index in [2.05, 4.69) is 46.8 Å². The fraction of sp³-hybridized carbons (Fsp3) is 0.320. The summed E-state index contributed by atoms with van der Waals surface area (Å²) in [5, 5.41) is 6.31. The van der Waals surface area contributed by atoms with E-state index >= 15 is 0 Å². The monoisotopic (exact) mass is 483 g/mol. The van der Waals surface area contributed by atoms with E-state index in [1.54, 1.807) is 36.0 Å². The molecule has 0 saturated heterocycles. The molecular weight excluding hydrogens is 454 g/mol. The molecule has 0 saturated carbocycles. The number of carbonyl (C=O) groups excluding carboxylic acids is 2. The van der Waals surface area contributed by atoms with Crippen molar-refractivity contribution in [3.05, 3.63) is 75.8 Å². The maximum Gasteiger partial charge on any atom is 0.255 e. The number of hydrogen-bond donors (Lipinski definition) is 2. The summed E-state index contributed by atoms with van der Waals surface area (Å²) < 4.78 is 5.28. The molecule has 1 unspecified atom stereocenters. The molecule has 0 spiro atoms. The van der Waals surface area contributed by atoms with E-state index in [0.29, 0.717) is 22.9 Å². The number of methoxy groups -OCH3 is 1. The molecule has 1 aromatic heterocycles. The van der Waals surface area contributed by atoms with Crippen molar-refractivity contribution in [2.45, 2.75) is 32.7 Å². The Kier molecular flexibility index (Phi) is 8.91. The number of nitrogens with zero attached hydrogens (tertiary/aromatic N) is 1. The van der Waals surface area contributed by atoms with Gasteiger partial charge in [-0.2, -0.15) is 11.8 Å². The summed E-state index contributed by atoms with van der Waals surface area (Å²) in [5.74, 6) is 0.585. The smallest absolute Gasteiger partial charge is 0.255 e. The zero-order chi connectivity index (χ0) is 23.8. The highest BCUT2D eigenvalue weighted by Crippen LogP contribution is 2.26. The molecule has 0 bridgehead atoms. The van der Waals surface area contributed by atoms with Gasteiger partial charge in [0.25, 0.3) is 5.91 Å². The molecule has 0 fully saturated rings. The number of thioether (sulfide) groups is 1. The topological polar surface area (TPSA) is 80.3 Å². The third-order valence-electron chi connectivity index (χ3n) is 5.19. The molecule has 0 radical (unpaired) electrons. The summed E-state index contributed by atoms with van der Waals surface area (Å²) in [5.41, 5.74) is 3.72. The Morgan fingerprint density at radius 3 is 2.55 bits per heavy atom. The van der Waals surface area contributed by atoms with Crippen LogP contribution in [0.25, 0.3) is 0 Å². The first-order valence-electron chi connectivity index (χ1n) is 10.7. The molecule has 8 heteroatoms. The lowest BCUT2D eigenvalue weighted by atomic mass is 10.1. The Morgan fingerprint density at radius 1 is 1.12 bits per heavy atom. The van der Waals surface area contributed by atoms with Crippen molar-refractivity contribution in [2.75, 3.05) is 24.4 Å². The highest BCUT2D eigenvalue weighted by molar-refractivity contribution is 7.98. The third kappa shape index (κ3) is 6.82. The van der Waals surface area contributed by atoms with Crippen LogP contribution in [0.2, 0.25) is 0 Å². The van der Waals surface area contributed by atoms with Crippen molar-refractivity contribution in [1.29, 1.82) is 0 Å². The lowest BCUT2D eigenvalue weighted by Crippen LogP contribution is -2.44. The first kappa shape index (κ1) is 24.8. The minimum Gasteiger partial charge on any atom is -0.496 e. The summed E-state index contributed by atoms with van der Waals surface area (Å²) in [7, 11) is 1.52. The SMILES string of the molecule is COc1ccccc1C(=O)NC(CCSC)C(=O)Nc1nc(C)c(Cc2ccc(C)cc2)s1. The minimum absolute atomic E-state index is 0.275. The first-order valence-corrected chi connectivity index (χ1v) is 12.9. The largest absolute Gasteiger partial charge is 0.496 e. The molecule has 33 heavy (non-hydrogen) atoms. The normalized spacial score (nSPS) is 11.6. The highest BCUT2D eigenvalue weighted by atomic mass is 32.2. The van der Waals surface area contributed by atoms with Gasteiger partial charge in [0.1, 0.15) is 11.8 Å². The predicted molar refractivity (Wildman–Crippen MR) is 137 cm³/mol. The van der Waals surface area contributed by atoms with Crippen molar-refractivity contribution in [1.82, 2.24) is 10.3 Å². The Labute approximate surface area is 203 Å². The maximum absolute atomic E-state index is 13.1. The Balaban J connectivity index is 1.70. The van der Waals surface area contributed by atoms with Gasteiger partial charge in [-0.05, 0) is 50.0 Å². The van der Waals surface area contributed by atoms with Gasteiger partial charge in [-0.25, -0.2) is 4.98 Å². The molecule has 2 amide bonds. The molecule has 6 nitrogen and oxygen atoms in total. The molecule has 3 aromatic rings. The van der Waals surface area contributed by atoms with Gasteiger partial charge in [0, 0.05) is 11.3 Å². The predicted octanol–water partition coefficient (Wildman–Crippen LogP) is 4.85. The van der Waals surface area contributed by atoms with E-state index in [1.807, 2.05) is 13.2 Å². The third-order valence-corrected chi connectivity index (χ3v) is 6.91. The van der Waals surface area contributed by atoms with E-state index in [9.17, 15) is 9.59 Å². The number of carbonyl (C=O) groups is 2. The van der Waals surface area contributed by atoms with E-state index in [1.165, 1.54) is 29.6 Å². The van der Waals surface area contributed by atoms with Crippen molar-refractivity contribution >= 4 is 40.0 Å². The molecule has 1 heterocycles. The molecule has 0 aliphatic rings. The average Bonchev–Trinajstić information content (AvgIpc) is 3.16. The van der Waals surface area contributed by atoms with Gasteiger partial charge in [-0.1, -0.05) is 42.0 Å². The van der Waals surface area contributed by atoms with E-state index in [4.69, 9.17) is 4.74 Å². The lowest BCUT2D eigenvalue weighted by molar-refractivity contribution is -0.118. The number of hydrogen-bond acceptors (Lipinski definition) is 6. The van der Waals surface area contributed by atoms with Crippen molar-refractivity contribution in [3.63, 3.8) is 0 Å². The second-order valence-electron chi connectivity index (χ2n) is 7.69. The summed E-state index contributed by atoms with van der Waals surface area (Å²) in [6.07, 6.45) is 3.24. The Hall–Kier alpha value is -2.84. The fourth-order valence-corrected chi connectivity index (χ4v) is 4.77. The van der Waals surface area contributed by atoms with E-state index in [0.717, 1.165) is 22.7 Å². The van der Waals surface area contributed by atoms with Crippen molar-refractivity contribution < 1.29 is 14.3 Å². The summed E-state index contributed by atoms with van der Waals surface area (Å²) in [6, 6.07) is 14.7. The van der Waals surface area contributed by atoms with Gasteiger partial charge in [0.2, 0.25) is 5.91 Å². The number of aromatic nitrogens is 1. The summed E-state index contributed by atoms with van der Waals surface area (Å²) in [6.45, 7) is 4.01. The molecular formula is C25H29N3O3S2. The fourth-order valence-electron chi connectivity index (χ4n) is 3.30. The van der Waals surface area contributed by atoms with E-state index < -0.39 is 6.04 Å². The second-order valence-corrected chi connectivity index (χ2v) is 9.76. The lowest BCUT2D eigenvalue weighted by Gasteiger charge is -2.18. The Morgan fingerprint density at radius 2 is 1.85 bits per heavy atom. The van der Waals surface area contributed by atoms with Crippen LogP contribution in [-0.2, 0) is 11.2 Å². The zero-order valence-corrected chi connectivity index (χ0v) is 20.9. The zero-order valence-electron chi connectivity index (χ0n) is 19.3. The Bertz CT molecular complexity index is 1100. The van der Waals surface area contributed by atoms with Gasteiger partial charge in [-0.15, -0.1) is 11.3 Å². The van der Waals surface area contributed by atoms with Gasteiger partial charge in [0.15, 0.2) is 5.13 Å². The van der Waals surface area contributed by atoms with Crippen LogP contribution in [0.3, 0.4) is 0 Å². The average molecular weight is 484 g/mol. The quantitative estimate of drug-likeness (QED) is 0.431. The van der Waals surface area contributed by atoms with Gasteiger partial charge in [-0.3, -0.25) is 9.59 Å². The van der Waals surface area contributed by atoms with Gasteiger partial charge < -0.3 is 15.4 Å². The second kappa shape index (κ2) is 11.9. The highest BCUT2D eigenvalue weighted by Gasteiger charge is 2.24. The number of benzene rings is 2. The number of para-hydroxylation sites is 1. The number of rotatable bonds is 10. The summed E-state index contributed by atoms with van der Waals surface area (Å²) >= 11 is 3.09. The first-order chi connectivity index (χ1) is 15.9. The van der Waals surface area contributed by atoms with Crippen LogP contribution in [0.4, 0.5) is 5.13 Å². The minimum atomic E-state index is -0.681. The van der Waals surface area contributed by atoms with Crippen LogP contribution in [0.5, 0.6) is 5.75 Å². The molecule has 0 aliphatic carbocycles. The van der Waals surface area contributed by atoms with Crippen LogP contribution in [0, 0.1) is 13.8 Å². The molecule has 174 valence electrons. The van der Waals surface area contributed by atoms with Crippen LogP contribution < -0.4 is 15.4 Å². The number of aryl methyl sites for hydroxylation is 2. The van der Waals surface area contributed by atoms with Crippen LogP contribution in [0.1, 0.15) is 38.5 Å². The maximum atomic E-state index is 13.1. The number of anilines is 1. The number of thiazole rings is 1. The number of ether oxygens (including phenoxy) is 1. The van der Waals surface area contributed by atoms with Gasteiger partial charge in [0.05, 0.1) is 18.4 Å². The molecule has 2 N–H and O–H groups in total. The number of amides is 2. The van der Waals surface area contributed by atoms with Crippen LogP contribution in [-0.4, -0.2) is 42.0 Å². The number of nitrogens with one attached hydrogen (secondary N) is 2. The van der Waals surface area contributed by atoms with Crippen LogP contribution in [0.15, 0.2) is 48.5 Å². The molecule has 3 rings (SSSR count).